The van der Waals surface area contributed by atoms with Gasteiger partial charge in [-0.1, -0.05) is 6.92 Å². The molecule has 1 amide bonds. The summed E-state index contributed by atoms with van der Waals surface area (Å²) in [7, 11) is 1.96. The lowest BCUT2D eigenvalue weighted by Gasteiger charge is -2.31. The van der Waals surface area contributed by atoms with Gasteiger partial charge in [-0.25, -0.2) is 0 Å². The molecular formula is C14H25N3OS. The van der Waals surface area contributed by atoms with Crippen LogP contribution in [-0.2, 0) is 4.79 Å². The zero-order chi connectivity index (χ0) is 14.4. The molecule has 1 heterocycles. The second-order valence-electron chi connectivity index (χ2n) is 4.83. The summed E-state index contributed by atoms with van der Waals surface area (Å²) in [6.45, 7) is 7.14. The Bertz CT molecular complexity index is 405. The second kappa shape index (κ2) is 7.62. The molecular weight excluding hydrogens is 258 g/mol. The van der Waals surface area contributed by atoms with Gasteiger partial charge < -0.3 is 11.1 Å². The number of nitrogens with zero attached hydrogens (tertiary/aromatic N) is 1. The lowest BCUT2D eigenvalue weighted by Crippen LogP contribution is -2.43. The van der Waals surface area contributed by atoms with E-state index >= 15 is 0 Å². The molecule has 1 rings (SSSR count). The highest BCUT2D eigenvalue weighted by Gasteiger charge is 2.25. The number of rotatable bonds is 7. The first-order valence-electron chi connectivity index (χ1n) is 6.78. The van der Waals surface area contributed by atoms with Gasteiger partial charge in [0.25, 0.3) is 0 Å². The fraction of sp³-hybridized carbons (Fsp3) is 0.643. The minimum Gasteiger partial charge on any atom is -0.355 e. The zero-order valence-electron chi connectivity index (χ0n) is 12.3. The number of hydrogen-bond acceptors (Lipinski definition) is 4. The Balaban J connectivity index is 2.82. The number of thiophene rings is 1. The molecule has 1 aromatic heterocycles. The first kappa shape index (κ1) is 16.1. The van der Waals surface area contributed by atoms with Crippen LogP contribution in [0.1, 0.15) is 36.1 Å². The van der Waals surface area contributed by atoms with Crippen molar-refractivity contribution in [1.82, 2.24) is 10.2 Å². The summed E-state index contributed by atoms with van der Waals surface area (Å²) in [5.41, 5.74) is 6.24. The van der Waals surface area contributed by atoms with E-state index in [-0.39, 0.29) is 18.0 Å². The topological polar surface area (TPSA) is 58.4 Å². The molecule has 108 valence electrons. The molecule has 0 bridgehead atoms. The first-order valence-corrected chi connectivity index (χ1v) is 7.60. The van der Waals surface area contributed by atoms with Gasteiger partial charge in [-0.05, 0) is 39.4 Å². The molecule has 5 heteroatoms. The number of nitrogens with one attached hydrogen (secondary N) is 1. The van der Waals surface area contributed by atoms with E-state index in [1.807, 2.05) is 18.9 Å². The van der Waals surface area contributed by atoms with Crippen LogP contribution >= 0.6 is 11.3 Å². The Morgan fingerprint density at radius 2 is 2.16 bits per heavy atom. The standard InChI is InChI=1S/C14H25N3OS/c1-5-11(15)14(12-8-7-10(3)19-12)17(4)9-13(18)16-6-2/h7-8,11,14H,5-6,9,15H2,1-4H3,(H,16,18). The van der Waals surface area contributed by atoms with Gasteiger partial charge in [-0.3, -0.25) is 9.69 Å². The van der Waals surface area contributed by atoms with Crippen LogP contribution in [0, 0.1) is 6.92 Å². The van der Waals surface area contributed by atoms with Crippen LogP contribution in [0.25, 0.3) is 0 Å². The summed E-state index contributed by atoms with van der Waals surface area (Å²) in [6, 6.07) is 4.37. The van der Waals surface area contributed by atoms with E-state index in [2.05, 4.69) is 31.3 Å². The van der Waals surface area contributed by atoms with Crippen LogP contribution in [0.3, 0.4) is 0 Å². The van der Waals surface area contributed by atoms with Gasteiger partial charge in [0.15, 0.2) is 0 Å². The average Bonchev–Trinajstić information content (AvgIpc) is 2.75. The van der Waals surface area contributed by atoms with Crippen LogP contribution in [0.2, 0.25) is 0 Å². The largest absolute Gasteiger partial charge is 0.355 e. The lowest BCUT2D eigenvalue weighted by atomic mass is 10.0. The maximum atomic E-state index is 11.7. The first-order chi connectivity index (χ1) is 8.99. The molecule has 0 spiro atoms. The second-order valence-corrected chi connectivity index (χ2v) is 6.15. The number of aryl methyl sites for hydroxylation is 1. The van der Waals surface area contributed by atoms with E-state index in [0.29, 0.717) is 13.1 Å². The van der Waals surface area contributed by atoms with Gasteiger partial charge >= 0.3 is 0 Å². The number of carbonyl (C=O) groups excluding carboxylic acids is 1. The van der Waals surface area contributed by atoms with Crippen molar-refractivity contribution in [1.29, 1.82) is 0 Å². The van der Waals surface area contributed by atoms with Crippen LogP contribution in [0.4, 0.5) is 0 Å². The number of carbonyl (C=O) groups is 1. The Hall–Kier alpha value is -0.910. The average molecular weight is 283 g/mol. The molecule has 0 saturated carbocycles. The summed E-state index contributed by atoms with van der Waals surface area (Å²) >= 11 is 1.75. The van der Waals surface area contributed by atoms with Crippen molar-refractivity contribution in [3.63, 3.8) is 0 Å². The molecule has 3 N–H and O–H groups in total. The van der Waals surface area contributed by atoms with E-state index < -0.39 is 0 Å². The number of hydrogen-bond donors (Lipinski definition) is 2. The number of nitrogens with two attached hydrogens (primary N) is 1. The van der Waals surface area contributed by atoms with E-state index in [0.717, 1.165) is 6.42 Å². The van der Waals surface area contributed by atoms with Crippen LogP contribution in [-0.4, -0.2) is 37.0 Å². The summed E-state index contributed by atoms with van der Waals surface area (Å²) in [5, 5.41) is 2.83. The predicted molar refractivity (Wildman–Crippen MR) is 81.4 cm³/mol. The van der Waals surface area contributed by atoms with Crippen molar-refractivity contribution in [3.05, 3.63) is 21.9 Å². The van der Waals surface area contributed by atoms with Crippen molar-refractivity contribution in [2.75, 3.05) is 20.1 Å². The molecule has 19 heavy (non-hydrogen) atoms. The smallest absolute Gasteiger partial charge is 0.234 e. The van der Waals surface area contributed by atoms with Crippen molar-refractivity contribution < 1.29 is 4.79 Å². The number of amides is 1. The van der Waals surface area contributed by atoms with Gasteiger partial charge in [-0.15, -0.1) is 11.3 Å². The van der Waals surface area contributed by atoms with Gasteiger partial charge in [-0.2, -0.15) is 0 Å². The third kappa shape index (κ3) is 4.60. The SMILES string of the molecule is CCNC(=O)CN(C)C(c1ccc(C)s1)C(N)CC. The quantitative estimate of drug-likeness (QED) is 0.803. The summed E-state index contributed by atoms with van der Waals surface area (Å²) in [4.78, 5) is 16.3. The van der Waals surface area contributed by atoms with Crippen LogP contribution in [0.5, 0.6) is 0 Å². The molecule has 1 aromatic rings. The Labute approximate surface area is 120 Å². The highest BCUT2D eigenvalue weighted by molar-refractivity contribution is 7.12. The third-order valence-electron chi connectivity index (χ3n) is 3.17. The predicted octanol–water partition coefficient (Wildman–Crippen LogP) is 1.90. The maximum absolute atomic E-state index is 11.7. The van der Waals surface area contributed by atoms with Crippen molar-refractivity contribution in [2.24, 2.45) is 5.73 Å². The van der Waals surface area contributed by atoms with Gasteiger partial charge in [0.05, 0.1) is 12.6 Å². The summed E-state index contributed by atoms with van der Waals surface area (Å²) in [5.74, 6) is 0.0478. The Morgan fingerprint density at radius 3 is 2.63 bits per heavy atom. The van der Waals surface area contributed by atoms with Crippen LogP contribution in [0.15, 0.2) is 12.1 Å². The third-order valence-corrected chi connectivity index (χ3v) is 4.24. The van der Waals surface area contributed by atoms with Crippen LogP contribution < -0.4 is 11.1 Å². The minimum absolute atomic E-state index is 0.0393. The van der Waals surface area contributed by atoms with Gasteiger partial charge in [0.2, 0.25) is 5.91 Å². The molecule has 0 fully saturated rings. The lowest BCUT2D eigenvalue weighted by molar-refractivity contribution is -0.122. The molecule has 0 radical (unpaired) electrons. The fourth-order valence-electron chi connectivity index (χ4n) is 2.17. The normalized spacial score (nSPS) is 14.4. The Morgan fingerprint density at radius 1 is 1.47 bits per heavy atom. The van der Waals surface area contributed by atoms with E-state index in [4.69, 9.17) is 5.73 Å². The van der Waals surface area contributed by atoms with Crippen molar-refractivity contribution >= 4 is 17.2 Å². The zero-order valence-corrected chi connectivity index (χ0v) is 13.1. The fourth-order valence-corrected chi connectivity index (χ4v) is 3.29. The minimum atomic E-state index is 0.0393. The molecule has 0 aliphatic rings. The Kier molecular flexibility index (Phi) is 6.48. The van der Waals surface area contributed by atoms with Gasteiger partial charge in [0, 0.05) is 22.3 Å². The summed E-state index contributed by atoms with van der Waals surface area (Å²) in [6.07, 6.45) is 0.890. The van der Waals surface area contributed by atoms with E-state index in [1.165, 1.54) is 9.75 Å². The number of likely N-dealkylation sites (N-methyl/N-ethyl adjacent to an activating group) is 2. The van der Waals surface area contributed by atoms with E-state index in [9.17, 15) is 4.79 Å². The summed E-state index contributed by atoms with van der Waals surface area (Å²) < 4.78 is 0. The molecule has 2 atom stereocenters. The van der Waals surface area contributed by atoms with Gasteiger partial charge in [0.1, 0.15) is 0 Å². The monoisotopic (exact) mass is 283 g/mol. The molecule has 0 aromatic carbocycles. The molecule has 2 unspecified atom stereocenters. The van der Waals surface area contributed by atoms with E-state index in [1.54, 1.807) is 11.3 Å². The molecule has 0 aliphatic heterocycles. The van der Waals surface area contributed by atoms with Crippen molar-refractivity contribution in [2.45, 2.75) is 39.3 Å². The maximum Gasteiger partial charge on any atom is 0.234 e. The molecule has 4 nitrogen and oxygen atoms in total. The van der Waals surface area contributed by atoms with Crippen molar-refractivity contribution in [3.8, 4) is 0 Å². The highest BCUT2D eigenvalue weighted by Crippen LogP contribution is 2.29. The molecule has 0 saturated heterocycles. The highest BCUT2D eigenvalue weighted by atomic mass is 32.1. The molecule has 0 aliphatic carbocycles.